The Morgan fingerprint density at radius 3 is 2.56 bits per heavy atom. The molecule has 1 heterocycles. The van der Waals surface area contributed by atoms with Crippen molar-refractivity contribution in [2.24, 2.45) is 0 Å². The Hall–Kier alpha value is -2.29. The van der Waals surface area contributed by atoms with Crippen molar-refractivity contribution in [2.45, 2.75) is 18.8 Å². The summed E-state index contributed by atoms with van der Waals surface area (Å²) in [7, 11) is 5.22. The first-order valence-corrected chi connectivity index (χ1v) is 8.68. The fourth-order valence-electron chi connectivity index (χ4n) is 4.00. The molecule has 0 saturated carbocycles. The van der Waals surface area contributed by atoms with Crippen LogP contribution in [0, 0.1) is 11.3 Å². The molecule has 1 aliphatic heterocycles. The highest BCUT2D eigenvalue weighted by Crippen LogP contribution is 2.45. The van der Waals surface area contributed by atoms with Gasteiger partial charge in [-0.05, 0) is 31.8 Å². The van der Waals surface area contributed by atoms with Crippen molar-refractivity contribution in [3.63, 3.8) is 0 Å². The second kappa shape index (κ2) is 7.73. The number of fused-ring (bicyclic) bond motifs is 1. The molecule has 2 aromatic rings. The predicted molar refractivity (Wildman–Crippen MR) is 99.2 cm³/mol. The minimum Gasteiger partial charge on any atom is -0.495 e. The summed E-state index contributed by atoms with van der Waals surface area (Å²) in [5.41, 5.74) is 1.63. The first kappa shape index (κ1) is 17.5. The topological polar surface area (TPSA) is 57.5 Å². The van der Waals surface area contributed by atoms with Crippen LogP contribution in [0.1, 0.15) is 29.9 Å². The highest BCUT2D eigenvalue weighted by molar-refractivity contribution is 5.96. The van der Waals surface area contributed by atoms with E-state index >= 15 is 0 Å². The summed E-state index contributed by atoms with van der Waals surface area (Å²) in [5, 5.41) is 15.1. The third-order valence-electron chi connectivity index (χ3n) is 4.98. The molecule has 0 bridgehead atoms. The van der Waals surface area contributed by atoms with Gasteiger partial charge in [-0.2, -0.15) is 5.26 Å². The van der Waals surface area contributed by atoms with Gasteiger partial charge in [0.1, 0.15) is 23.1 Å². The molecule has 132 valence electrons. The molecule has 1 fully saturated rings. The van der Waals surface area contributed by atoms with E-state index in [4.69, 9.17) is 9.47 Å². The standard InChI is InChI=1S/C20H25N3O2/c1-22-13-23-10-6-7-14(12-23)18-15-8-4-5-9-16(15)19(24-2)17(11-21)20(18)25-3/h4-5,8-9,14,22H,6-7,10,12-13H2,1-3H3. The van der Waals surface area contributed by atoms with Crippen molar-refractivity contribution in [2.75, 3.05) is 41.0 Å². The maximum absolute atomic E-state index is 9.75. The molecular weight excluding hydrogens is 314 g/mol. The van der Waals surface area contributed by atoms with Crippen molar-refractivity contribution in [1.29, 1.82) is 5.26 Å². The van der Waals surface area contributed by atoms with Crippen LogP contribution in [-0.2, 0) is 0 Å². The van der Waals surface area contributed by atoms with Crippen LogP contribution < -0.4 is 14.8 Å². The average molecular weight is 339 g/mol. The molecule has 0 radical (unpaired) electrons. The van der Waals surface area contributed by atoms with Crippen LogP contribution in [0.2, 0.25) is 0 Å². The smallest absolute Gasteiger partial charge is 0.148 e. The molecule has 0 amide bonds. The van der Waals surface area contributed by atoms with Gasteiger partial charge in [0.15, 0.2) is 0 Å². The molecule has 0 aliphatic carbocycles. The Bertz CT molecular complexity index is 796. The number of piperidine rings is 1. The first-order valence-electron chi connectivity index (χ1n) is 8.68. The van der Waals surface area contributed by atoms with Crippen molar-refractivity contribution in [3.8, 4) is 17.6 Å². The Morgan fingerprint density at radius 1 is 1.20 bits per heavy atom. The number of hydrogen-bond acceptors (Lipinski definition) is 5. The number of methoxy groups -OCH3 is 2. The predicted octanol–water partition coefficient (Wildman–Crippen LogP) is 3.08. The van der Waals surface area contributed by atoms with E-state index in [2.05, 4.69) is 22.4 Å². The van der Waals surface area contributed by atoms with Crippen LogP contribution in [0.4, 0.5) is 0 Å². The van der Waals surface area contributed by atoms with Gasteiger partial charge in [0, 0.05) is 30.1 Å². The summed E-state index contributed by atoms with van der Waals surface area (Å²) in [5.74, 6) is 1.59. The monoisotopic (exact) mass is 339 g/mol. The second-order valence-corrected chi connectivity index (χ2v) is 6.44. The molecule has 1 aliphatic rings. The quantitative estimate of drug-likeness (QED) is 0.907. The Balaban J connectivity index is 2.21. The van der Waals surface area contributed by atoms with Gasteiger partial charge >= 0.3 is 0 Å². The van der Waals surface area contributed by atoms with E-state index in [9.17, 15) is 5.26 Å². The number of rotatable bonds is 5. The number of hydrogen-bond donors (Lipinski definition) is 1. The van der Waals surface area contributed by atoms with Gasteiger partial charge in [-0.15, -0.1) is 0 Å². The molecule has 3 rings (SSSR count). The van der Waals surface area contributed by atoms with Crippen LogP contribution >= 0.6 is 0 Å². The summed E-state index contributed by atoms with van der Waals surface area (Å²) < 4.78 is 11.3. The molecular formula is C20H25N3O2. The average Bonchev–Trinajstić information content (AvgIpc) is 2.66. The van der Waals surface area contributed by atoms with E-state index < -0.39 is 0 Å². The fraction of sp³-hybridized carbons (Fsp3) is 0.450. The largest absolute Gasteiger partial charge is 0.495 e. The van der Waals surface area contributed by atoms with Crippen LogP contribution in [0.3, 0.4) is 0 Å². The highest BCUT2D eigenvalue weighted by Gasteiger charge is 2.29. The van der Waals surface area contributed by atoms with Crippen LogP contribution in [0.25, 0.3) is 10.8 Å². The van der Waals surface area contributed by atoms with Gasteiger partial charge in [0.2, 0.25) is 0 Å². The van der Waals surface area contributed by atoms with E-state index in [-0.39, 0.29) is 0 Å². The lowest BCUT2D eigenvalue weighted by Gasteiger charge is -2.34. The van der Waals surface area contributed by atoms with E-state index in [0.717, 1.165) is 48.9 Å². The SMILES string of the molecule is CNCN1CCCC(c2c(OC)c(C#N)c(OC)c3ccccc23)C1. The van der Waals surface area contributed by atoms with Crippen LogP contribution in [-0.4, -0.2) is 45.9 Å². The summed E-state index contributed by atoms with van der Waals surface area (Å²) in [6.45, 7) is 2.93. The number of nitrogens with zero attached hydrogens (tertiary/aromatic N) is 2. The molecule has 1 N–H and O–H groups in total. The Labute approximate surface area is 149 Å². The van der Waals surface area contributed by atoms with Crippen LogP contribution in [0.5, 0.6) is 11.5 Å². The van der Waals surface area contributed by atoms with E-state index in [0.29, 0.717) is 23.0 Å². The molecule has 1 unspecified atom stereocenters. The van der Waals surface area contributed by atoms with Gasteiger partial charge in [-0.1, -0.05) is 24.3 Å². The zero-order valence-corrected chi connectivity index (χ0v) is 15.1. The molecule has 5 nitrogen and oxygen atoms in total. The first-order chi connectivity index (χ1) is 12.2. The summed E-state index contributed by atoms with van der Waals surface area (Å²) in [6.07, 6.45) is 2.23. The molecule has 2 aromatic carbocycles. The third kappa shape index (κ3) is 3.15. The van der Waals surface area contributed by atoms with Gasteiger partial charge in [-0.25, -0.2) is 0 Å². The maximum atomic E-state index is 9.75. The van der Waals surface area contributed by atoms with E-state index in [1.807, 2.05) is 25.2 Å². The lowest BCUT2D eigenvalue weighted by molar-refractivity contribution is 0.197. The molecule has 0 spiro atoms. The number of nitriles is 1. The fourth-order valence-corrected chi connectivity index (χ4v) is 4.00. The van der Waals surface area contributed by atoms with Crippen LogP contribution in [0.15, 0.2) is 24.3 Å². The van der Waals surface area contributed by atoms with Gasteiger partial charge in [0.25, 0.3) is 0 Å². The van der Waals surface area contributed by atoms with Crippen molar-refractivity contribution >= 4 is 10.8 Å². The number of ether oxygens (including phenoxy) is 2. The zero-order valence-electron chi connectivity index (χ0n) is 15.1. The van der Waals surface area contributed by atoms with E-state index in [1.165, 1.54) is 0 Å². The molecule has 0 aromatic heterocycles. The maximum Gasteiger partial charge on any atom is 0.148 e. The minimum absolute atomic E-state index is 0.333. The third-order valence-corrected chi connectivity index (χ3v) is 4.98. The van der Waals surface area contributed by atoms with Crippen molar-refractivity contribution in [1.82, 2.24) is 10.2 Å². The minimum atomic E-state index is 0.333. The zero-order chi connectivity index (χ0) is 17.8. The number of nitrogens with one attached hydrogen (secondary N) is 1. The summed E-state index contributed by atoms with van der Waals surface area (Å²) >= 11 is 0. The van der Waals surface area contributed by atoms with Gasteiger partial charge in [-0.3, -0.25) is 4.90 Å². The Morgan fingerprint density at radius 2 is 1.92 bits per heavy atom. The Kier molecular flexibility index (Phi) is 5.42. The number of likely N-dealkylation sites (tertiary alicyclic amines) is 1. The lowest BCUT2D eigenvalue weighted by Crippen LogP contribution is -2.39. The van der Waals surface area contributed by atoms with E-state index in [1.54, 1.807) is 14.2 Å². The normalized spacial score (nSPS) is 18.1. The second-order valence-electron chi connectivity index (χ2n) is 6.44. The summed E-state index contributed by atoms with van der Waals surface area (Å²) in [6, 6.07) is 10.4. The van der Waals surface area contributed by atoms with Gasteiger partial charge < -0.3 is 14.8 Å². The lowest BCUT2D eigenvalue weighted by atomic mass is 9.85. The number of benzene rings is 2. The van der Waals surface area contributed by atoms with Crippen molar-refractivity contribution < 1.29 is 9.47 Å². The molecule has 25 heavy (non-hydrogen) atoms. The molecule has 5 heteroatoms. The van der Waals surface area contributed by atoms with Crippen molar-refractivity contribution in [3.05, 3.63) is 35.4 Å². The summed E-state index contributed by atoms with van der Waals surface area (Å²) in [4.78, 5) is 2.42. The molecule has 1 atom stereocenters. The molecule has 1 saturated heterocycles. The van der Waals surface area contributed by atoms with Gasteiger partial charge in [0.05, 0.1) is 14.2 Å². The highest BCUT2D eigenvalue weighted by atomic mass is 16.5.